The molecule has 0 aliphatic rings. The van der Waals surface area contributed by atoms with E-state index >= 15 is 0 Å². The number of nitrogens with one attached hydrogen (secondary N) is 1. The molecule has 3 N–H and O–H groups in total. The zero-order valence-electron chi connectivity index (χ0n) is 4.52. The fourth-order valence-corrected chi connectivity index (χ4v) is 0.277. The normalized spacial score (nSPS) is 10.6. The average molecular weight is 101 g/mol. The predicted molar refractivity (Wildman–Crippen MR) is 31.2 cm³/mol. The van der Waals surface area contributed by atoms with Crippen LogP contribution in [-0.2, 0) is 0 Å². The number of hydrogen-bond acceptors (Lipinski definition) is 3. The minimum atomic E-state index is 0.803. The summed E-state index contributed by atoms with van der Waals surface area (Å²) < 4.78 is 0. The minimum Gasteiger partial charge on any atom is -0.301 e. The molecule has 0 heterocycles. The number of aliphatic imine (C=N–C) groups is 1. The van der Waals surface area contributed by atoms with Gasteiger partial charge in [-0.1, -0.05) is 0 Å². The third-order valence-electron chi connectivity index (χ3n) is 0.600. The highest BCUT2D eigenvalue weighted by Crippen LogP contribution is 1.64. The number of nitrogens with two attached hydrogens (primary N) is 1. The predicted octanol–water partition coefficient (Wildman–Crippen LogP) is -0.460. The van der Waals surface area contributed by atoms with Crippen molar-refractivity contribution in [3.05, 3.63) is 0 Å². The summed E-state index contributed by atoms with van der Waals surface area (Å²) in [6.45, 7) is 0.803. The second-order valence-corrected chi connectivity index (χ2v) is 1.18. The molecule has 42 valence electrons. The van der Waals surface area contributed by atoms with E-state index in [0.29, 0.717) is 0 Å². The molecule has 0 radical (unpaired) electrons. The third-order valence-corrected chi connectivity index (χ3v) is 0.600. The molecule has 3 nitrogen and oxygen atoms in total. The highest BCUT2D eigenvalue weighted by molar-refractivity contribution is 5.56. The third kappa shape index (κ3) is 5.59. The first-order valence-electron chi connectivity index (χ1n) is 2.26. The fraction of sp³-hybridized carbons (Fsp3) is 0.750. The summed E-state index contributed by atoms with van der Waals surface area (Å²) in [4.78, 5) is 3.75. The number of hydrazine groups is 1. The first-order valence-corrected chi connectivity index (χ1v) is 2.26. The van der Waals surface area contributed by atoms with E-state index in [4.69, 9.17) is 5.84 Å². The summed E-state index contributed by atoms with van der Waals surface area (Å²) >= 11 is 0. The van der Waals surface area contributed by atoms with E-state index in [2.05, 4.69) is 10.4 Å². The molecule has 0 bridgehead atoms. The maximum atomic E-state index is 4.96. The van der Waals surface area contributed by atoms with Crippen LogP contribution in [0.5, 0.6) is 0 Å². The van der Waals surface area contributed by atoms with Crippen LogP contribution in [0.3, 0.4) is 0 Å². The zero-order valence-corrected chi connectivity index (χ0v) is 4.52. The van der Waals surface area contributed by atoms with E-state index in [1.54, 1.807) is 7.05 Å². The molecular weight excluding hydrogens is 90.1 g/mol. The van der Waals surface area contributed by atoms with Gasteiger partial charge in [-0.25, -0.2) is 0 Å². The lowest BCUT2D eigenvalue weighted by atomic mass is 10.5. The standard InChI is InChI=1S/C4H11N3/c1-6-3-2-4-7-5/h3,7H,2,4-5H2,1H3/b6-3-. The summed E-state index contributed by atoms with van der Waals surface area (Å²) in [5, 5.41) is 0. The monoisotopic (exact) mass is 101 g/mol. The Morgan fingerprint density at radius 3 is 3.00 bits per heavy atom. The van der Waals surface area contributed by atoms with Gasteiger partial charge in [0.2, 0.25) is 0 Å². The molecular formula is C4H11N3. The summed E-state index contributed by atoms with van der Waals surface area (Å²) in [6, 6.07) is 0. The van der Waals surface area contributed by atoms with Gasteiger partial charge >= 0.3 is 0 Å². The first-order chi connectivity index (χ1) is 3.41. The Kier molecular flexibility index (Phi) is 5.26. The molecule has 0 aromatic carbocycles. The molecule has 0 saturated heterocycles. The van der Waals surface area contributed by atoms with Crippen molar-refractivity contribution in [2.24, 2.45) is 10.8 Å². The highest BCUT2D eigenvalue weighted by Gasteiger charge is 1.72. The molecule has 0 fully saturated rings. The van der Waals surface area contributed by atoms with Gasteiger partial charge in [-0.3, -0.25) is 11.3 Å². The SMILES string of the molecule is C/N=C\CCNN. The fourth-order valence-electron chi connectivity index (χ4n) is 0.277. The van der Waals surface area contributed by atoms with E-state index < -0.39 is 0 Å². The van der Waals surface area contributed by atoms with Crippen LogP contribution in [0.4, 0.5) is 0 Å². The van der Waals surface area contributed by atoms with E-state index in [1.165, 1.54) is 0 Å². The Morgan fingerprint density at radius 1 is 1.86 bits per heavy atom. The lowest BCUT2D eigenvalue weighted by Gasteiger charge is -1.87. The molecule has 0 saturated carbocycles. The second-order valence-electron chi connectivity index (χ2n) is 1.18. The molecule has 0 atom stereocenters. The zero-order chi connectivity index (χ0) is 5.54. The topological polar surface area (TPSA) is 50.4 Å². The van der Waals surface area contributed by atoms with E-state index in [-0.39, 0.29) is 0 Å². The van der Waals surface area contributed by atoms with Crippen LogP contribution in [0.1, 0.15) is 6.42 Å². The maximum Gasteiger partial charge on any atom is 0.0273 e. The lowest BCUT2D eigenvalue weighted by molar-refractivity contribution is 0.756. The van der Waals surface area contributed by atoms with Crippen molar-refractivity contribution in [3.8, 4) is 0 Å². The Labute approximate surface area is 43.6 Å². The molecule has 0 rings (SSSR count). The number of nitrogens with zero attached hydrogens (tertiary/aromatic N) is 1. The van der Waals surface area contributed by atoms with Gasteiger partial charge in [-0.2, -0.15) is 0 Å². The van der Waals surface area contributed by atoms with Crippen LogP contribution in [0.15, 0.2) is 4.99 Å². The van der Waals surface area contributed by atoms with Gasteiger partial charge in [0, 0.05) is 13.6 Å². The van der Waals surface area contributed by atoms with Gasteiger partial charge in [0.05, 0.1) is 0 Å². The van der Waals surface area contributed by atoms with E-state index in [9.17, 15) is 0 Å². The molecule has 0 aromatic rings. The lowest BCUT2D eigenvalue weighted by Crippen LogP contribution is -2.22. The summed E-state index contributed by atoms with van der Waals surface area (Å²) in [5.74, 6) is 4.96. The summed E-state index contributed by atoms with van der Waals surface area (Å²) in [5.41, 5.74) is 2.51. The molecule has 3 heteroatoms. The molecule has 0 spiro atoms. The Morgan fingerprint density at radius 2 is 2.57 bits per heavy atom. The molecule has 0 aliphatic heterocycles. The van der Waals surface area contributed by atoms with Crippen LogP contribution < -0.4 is 11.3 Å². The van der Waals surface area contributed by atoms with Crippen molar-refractivity contribution in [1.82, 2.24) is 5.43 Å². The highest BCUT2D eigenvalue weighted by atomic mass is 15.2. The van der Waals surface area contributed by atoms with Crippen molar-refractivity contribution >= 4 is 6.21 Å². The van der Waals surface area contributed by atoms with Crippen molar-refractivity contribution in [1.29, 1.82) is 0 Å². The number of hydrogen-bond donors (Lipinski definition) is 2. The Balaban J connectivity index is 2.69. The van der Waals surface area contributed by atoms with E-state index in [1.807, 2.05) is 6.21 Å². The van der Waals surface area contributed by atoms with Crippen LogP contribution >= 0.6 is 0 Å². The van der Waals surface area contributed by atoms with E-state index in [0.717, 1.165) is 13.0 Å². The summed E-state index contributed by atoms with van der Waals surface area (Å²) in [7, 11) is 1.75. The van der Waals surface area contributed by atoms with Crippen molar-refractivity contribution in [2.75, 3.05) is 13.6 Å². The van der Waals surface area contributed by atoms with Crippen LogP contribution in [-0.4, -0.2) is 19.8 Å². The Hall–Kier alpha value is -0.410. The molecule has 0 unspecified atom stereocenters. The quantitative estimate of drug-likeness (QED) is 0.219. The smallest absolute Gasteiger partial charge is 0.0273 e. The summed E-state index contributed by atoms with van der Waals surface area (Å²) in [6.07, 6.45) is 2.73. The van der Waals surface area contributed by atoms with Gasteiger partial charge in [-0.05, 0) is 12.6 Å². The van der Waals surface area contributed by atoms with Gasteiger partial charge < -0.3 is 4.99 Å². The van der Waals surface area contributed by atoms with Crippen LogP contribution in [0.25, 0.3) is 0 Å². The van der Waals surface area contributed by atoms with Crippen LogP contribution in [0, 0.1) is 0 Å². The minimum absolute atomic E-state index is 0.803. The van der Waals surface area contributed by atoms with Crippen LogP contribution in [0.2, 0.25) is 0 Å². The largest absolute Gasteiger partial charge is 0.301 e. The van der Waals surface area contributed by atoms with Crippen molar-refractivity contribution in [3.63, 3.8) is 0 Å². The molecule has 0 aromatic heterocycles. The van der Waals surface area contributed by atoms with Gasteiger partial charge in [0.25, 0.3) is 0 Å². The van der Waals surface area contributed by atoms with Gasteiger partial charge in [0.1, 0.15) is 0 Å². The van der Waals surface area contributed by atoms with Crippen molar-refractivity contribution < 1.29 is 0 Å². The Bertz CT molecular complexity index is 50.9. The second kappa shape index (κ2) is 5.59. The maximum absolute atomic E-state index is 4.96. The van der Waals surface area contributed by atoms with Crippen molar-refractivity contribution in [2.45, 2.75) is 6.42 Å². The molecule has 0 aliphatic carbocycles. The van der Waals surface area contributed by atoms with Gasteiger partial charge in [-0.15, -0.1) is 0 Å². The number of rotatable bonds is 3. The van der Waals surface area contributed by atoms with Gasteiger partial charge in [0.15, 0.2) is 0 Å². The average Bonchev–Trinajstić information content (AvgIpc) is 1.69. The molecule has 7 heavy (non-hydrogen) atoms. The molecule has 0 amide bonds. The first kappa shape index (κ1) is 6.59.